The number of amides is 3. The first-order chi connectivity index (χ1) is 11.2. The minimum Gasteiger partial charge on any atom is -0.395 e. The number of hydrogen-bond donors (Lipinski definition) is 3. The number of benzene rings is 1. The topological polar surface area (TPSA) is 98.7 Å². The molecule has 1 aliphatic heterocycles. The SMILES string of the molecule is O=C1C=C(Nc2ccc(NC(=O)C(F)(F)F)cc2)C(=O)N1CCO. The van der Waals surface area contributed by atoms with Gasteiger partial charge in [-0.3, -0.25) is 19.3 Å². The van der Waals surface area contributed by atoms with E-state index in [1.807, 2.05) is 0 Å². The van der Waals surface area contributed by atoms with Gasteiger partial charge in [-0.05, 0) is 24.3 Å². The van der Waals surface area contributed by atoms with Gasteiger partial charge < -0.3 is 15.7 Å². The number of carbonyl (C=O) groups is 3. The van der Waals surface area contributed by atoms with E-state index in [4.69, 9.17) is 5.11 Å². The van der Waals surface area contributed by atoms with Crippen LogP contribution in [-0.2, 0) is 14.4 Å². The van der Waals surface area contributed by atoms with E-state index in [0.29, 0.717) is 5.69 Å². The lowest BCUT2D eigenvalue weighted by atomic mass is 10.2. The molecular weight excluding hydrogens is 331 g/mol. The monoisotopic (exact) mass is 343 g/mol. The van der Waals surface area contributed by atoms with E-state index in [9.17, 15) is 27.6 Å². The average Bonchev–Trinajstić information content (AvgIpc) is 2.76. The Morgan fingerprint density at radius 1 is 1.12 bits per heavy atom. The molecule has 10 heteroatoms. The molecule has 0 aliphatic carbocycles. The van der Waals surface area contributed by atoms with Crippen molar-refractivity contribution in [1.29, 1.82) is 0 Å². The minimum absolute atomic E-state index is 0.0273. The van der Waals surface area contributed by atoms with Crippen LogP contribution in [-0.4, -0.2) is 47.1 Å². The highest BCUT2D eigenvalue weighted by molar-refractivity contribution is 6.17. The average molecular weight is 343 g/mol. The summed E-state index contributed by atoms with van der Waals surface area (Å²) in [6.07, 6.45) is -3.94. The Bertz CT molecular complexity index is 698. The van der Waals surface area contributed by atoms with Crippen molar-refractivity contribution in [2.45, 2.75) is 6.18 Å². The second-order valence-corrected chi connectivity index (χ2v) is 4.73. The highest BCUT2D eigenvalue weighted by atomic mass is 19.4. The predicted octanol–water partition coefficient (Wildman–Crippen LogP) is 0.844. The first-order valence-corrected chi connectivity index (χ1v) is 6.66. The third-order valence-electron chi connectivity index (χ3n) is 3.01. The number of hydrogen-bond acceptors (Lipinski definition) is 5. The molecular formula is C14H12F3N3O4. The summed E-state index contributed by atoms with van der Waals surface area (Å²) in [5.74, 6) is -3.30. The number of halogens is 3. The van der Waals surface area contributed by atoms with Crippen LogP contribution in [0.3, 0.4) is 0 Å². The molecule has 0 atom stereocenters. The Balaban J connectivity index is 2.02. The smallest absolute Gasteiger partial charge is 0.395 e. The summed E-state index contributed by atoms with van der Waals surface area (Å²) in [5, 5.41) is 13.1. The van der Waals surface area contributed by atoms with E-state index in [1.165, 1.54) is 24.3 Å². The van der Waals surface area contributed by atoms with Crippen LogP contribution in [0.15, 0.2) is 36.0 Å². The Morgan fingerprint density at radius 3 is 2.25 bits per heavy atom. The van der Waals surface area contributed by atoms with E-state index in [-0.39, 0.29) is 24.5 Å². The normalized spacial score (nSPS) is 14.7. The molecule has 3 N–H and O–H groups in total. The Morgan fingerprint density at radius 2 is 1.71 bits per heavy atom. The van der Waals surface area contributed by atoms with Crippen LogP contribution in [0.1, 0.15) is 0 Å². The first kappa shape index (κ1) is 17.5. The molecule has 0 radical (unpaired) electrons. The molecule has 1 aromatic rings. The van der Waals surface area contributed by atoms with Crippen LogP contribution in [0, 0.1) is 0 Å². The number of rotatable bonds is 5. The lowest BCUT2D eigenvalue weighted by molar-refractivity contribution is -0.167. The van der Waals surface area contributed by atoms with Gasteiger partial charge in [0.25, 0.3) is 11.8 Å². The van der Waals surface area contributed by atoms with Gasteiger partial charge >= 0.3 is 12.1 Å². The number of carbonyl (C=O) groups excluding carboxylic acids is 3. The Labute approximate surface area is 133 Å². The first-order valence-electron chi connectivity index (χ1n) is 6.66. The predicted molar refractivity (Wildman–Crippen MR) is 76.6 cm³/mol. The lowest BCUT2D eigenvalue weighted by Gasteiger charge is -2.13. The van der Waals surface area contributed by atoms with Gasteiger partial charge in [0.1, 0.15) is 5.70 Å². The second-order valence-electron chi connectivity index (χ2n) is 4.73. The molecule has 0 saturated heterocycles. The van der Waals surface area contributed by atoms with Crippen LogP contribution in [0.4, 0.5) is 24.5 Å². The number of alkyl halides is 3. The maximum atomic E-state index is 12.1. The maximum absolute atomic E-state index is 12.1. The van der Waals surface area contributed by atoms with Crippen molar-refractivity contribution < 1.29 is 32.7 Å². The lowest BCUT2D eigenvalue weighted by Crippen LogP contribution is -2.34. The minimum atomic E-state index is -4.99. The standard InChI is InChI=1S/C14H12F3N3O4/c15-14(16,17)13(24)19-9-3-1-8(2-4-9)18-10-7-11(22)20(5-6-21)12(10)23/h1-4,7,18,21H,5-6H2,(H,19,24). The van der Waals surface area contributed by atoms with Crippen LogP contribution >= 0.6 is 0 Å². The van der Waals surface area contributed by atoms with Gasteiger partial charge in [-0.1, -0.05) is 0 Å². The zero-order valence-corrected chi connectivity index (χ0v) is 12.1. The second kappa shape index (κ2) is 6.71. The van der Waals surface area contributed by atoms with E-state index in [0.717, 1.165) is 11.0 Å². The van der Waals surface area contributed by atoms with Crippen molar-refractivity contribution >= 4 is 29.1 Å². The molecule has 0 fully saturated rings. The Kier molecular flexibility index (Phi) is 4.88. The molecule has 7 nitrogen and oxygen atoms in total. The molecule has 1 heterocycles. The molecule has 0 unspecified atom stereocenters. The van der Waals surface area contributed by atoms with Crippen LogP contribution < -0.4 is 10.6 Å². The zero-order valence-electron chi connectivity index (χ0n) is 12.1. The van der Waals surface area contributed by atoms with Crippen molar-refractivity contribution in [2.24, 2.45) is 0 Å². The van der Waals surface area contributed by atoms with Crippen molar-refractivity contribution in [3.63, 3.8) is 0 Å². The molecule has 24 heavy (non-hydrogen) atoms. The van der Waals surface area contributed by atoms with Gasteiger partial charge in [0.05, 0.1) is 13.2 Å². The van der Waals surface area contributed by atoms with Crippen molar-refractivity contribution in [3.05, 3.63) is 36.0 Å². The largest absolute Gasteiger partial charge is 0.471 e. The van der Waals surface area contributed by atoms with Crippen LogP contribution in [0.25, 0.3) is 0 Å². The number of aliphatic hydroxyl groups excluding tert-OH is 1. The number of β-amino-alcohol motifs (C(OH)–C–C–N with tert-alkyl or cyclic N) is 1. The molecule has 1 aliphatic rings. The number of imide groups is 1. The molecule has 0 saturated carbocycles. The van der Waals surface area contributed by atoms with Gasteiger partial charge in [0.2, 0.25) is 0 Å². The number of nitrogens with zero attached hydrogens (tertiary/aromatic N) is 1. The third kappa shape index (κ3) is 3.90. The molecule has 128 valence electrons. The fraction of sp³-hybridized carbons (Fsp3) is 0.214. The highest BCUT2D eigenvalue weighted by Gasteiger charge is 2.38. The third-order valence-corrected chi connectivity index (χ3v) is 3.01. The molecule has 0 spiro atoms. The summed E-state index contributed by atoms with van der Waals surface area (Å²) in [6, 6.07) is 5.08. The summed E-state index contributed by atoms with van der Waals surface area (Å²) in [5.41, 5.74) is 0.228. The maximum Gasteiger partial charge on any atom is 0.471 e. The van der Waals surface area contributed by atoms with Crippen molar-refractivity contribution in [3.8, 4) is 0 Å². The fourth-order valence-corrected chi connectivity index (χ4v) is 1.90. The van der Waals surface area contributed by atoms with E-state index < -0.39 is 23.9 Å². The summed E-state index contributed by atoms with van der Waals surface area (Å²) in [7, 11) is 0. The summed E-state index contributed by atoms with van der Waals surface area (Å²) in [4.78, 5) is 35.1. The quantitative estimate of drug-likeness (QED) is 0.689. The number of anilines is 2. The van der Waals surface area contributed by atoms with Gasteiger partial charge in [-0.15, -0.1) is 0 Å². The van der Waals surface area contributed by atoms with E-state index >= 15 is 0 Å². The zero-order chi connectivity index (χ0) is 17.9. The van der Waals surface area contributed by atoms with Crippen LogP contribution in [0.5, 0.6) is 0 Å². The molecule has 0 bridgehead atoms. The molecule has 3 amide bonds. The summed E-state index contributed by atoms with van der Waals surface area (Å²) >= 11 is 0. The summed E-state index contributed by atoms with van der Waals surface area (Å²) in [6.45, 7) is -0.506. The van der Waals surface area contributed by atoms with E-state index in [1.54, 1.807) is 5.32 Å². The van der Waals surface area contributed by atoms with Gasteiger partial charge in [0.15, 0.2) is 0 Å². The van der Waals surface area contributed by atoms with E-state index in [2.05, 4.69) is 5.32 Å². The van der Waals surface area contributed by atoms with Gasteiger partial charge in [-0.25, -0.2) is 0 Å². The molecule has 2 rings (SSSR count). The summed E-state index contributed by atoms with van der Waals surface area (Å²) < 4.78 is 36.4. The van der Waals surface area contributed by atoms with Gasteiger partial charge in [-0.2, -0.15) is 13.2 Å². The number of nitrogens with one attached hydrogen (secondary N) is 2. The molecule has 0 aromatic heterocycles. The van der Waals surface area contributed by atoms with Crippen molar-refractivity contribution in [1.82, 2.24) is 4.90 Å². The van der Waals surface area contributed by atoms with Crippen LogP contribution in [0.2, 0.25) is 0 Å². The fourth-order valence-electron chi connectivity index (χ4n) is 1.90. The Hall–Kier alpha value is -2.88. The highest BCUT2D eigenvalue weighted by Crippen LogP contribution is 2.21. The van der Waals surface area contributed by atoms with Gasteiger partial charge in [0, 0.05) is 17.5 Å². The molecule has 1 aromatic carbocycles. The number of aliphatic hydroxyl groups is 1. The van der Waals surface area contributed by atoms with Crippen molar-refractivity contribution in [2.75, 3.05) is 23.8 Å².